The number of carbonyl (C=O) groups is 1. The fourth-order valence-corrected chi connectivity index (χ4v) is 2.69. The smallest absolute Gasteiger partial charge is 0.178 e. The van der Waals surface area contributed by atoms with E-state index in [1.807, 2.05) is 19.9 Å². The van der Waals surface area contributed by atoms with Crippen molar-refractivity contribution < 1.29 is 4.79 Å². The van der Waals surface area contributed by atoms with Crippen LogP contribution in [0.3, 0.4) is 0 Å². The van der Waals surface area contributed by atoms with Gasteiger partial charge in [-0.05, 0) is 38.8 Å². The first-order valence-electron chi connectivity index (χ1n) is 6.52. The van der Waals surface area contributed by atoms with Gasteiger partial charge in [0.25, 0.3) is 0 Å². The second-order valence-corrected chi connectivity index (χ2v) is 5.21. The number of nitrogens with one attached hydrogen (secondary N) is 1. The van der Waals surface area contributed by atoms with Gasteiger partial charge in [-0.3, -0.25) is 9.69 Å². The molecule has 3 heteroatoms. The average Bonchev–Trinajstić information content (AvgIpc) is 2.85. The van der Waals surface area contributed by atoms with E-state index in [1.54, 1.807) is 0 Å². The third-order valence-electron chi connectivity index (χ3n) is 3.76. The number of aromatic amines is 1. The maximum atomic E-state index is 12.2. The standard InChI is InChI=1S/C14H22N2O/c1-4-12-5-6-16(8-12)9-14(17)13-7-10(2)15-11(13)3/h7,12,15H,4-6,8-9H2,1-3H3. The van der Waals surface area contributed by atoms with E-state index >= 15 is 0 Å². The van der Waals surface area contributed by atoms with E-state index < -0.39 is 0 Å². The Morgan fingerprint density at radius 3 is 2.82 bits per heavy atom. The molecule has 0 spiro atoms. The van der Waals surface area contributed by atoms with E-state index in [2.05, 4.69) is 16.8 Å². The summed E-state index contributed by atoms with van der Waals surface area (Å²) in [4.78, 5) is 17.7. The summed E-state index contributed by atoms with van der Waals surface area (Å²) in [5.74, 6) is 1.04. The molecule has 2 heterocycles. The first kappa shape index (κ1) is 12.4. The Labute approximate surface area is 103 Å². The van der Waals surface area contributed by atoms with Crippen LogP contribution in [-0.2, 0) is 0 Å². The minimum atomic E-state index is 0.253. The van der Waals surface area contributed by atoms with Crippen molar-refractivity contribution in [2.24, 2.45) is 5.92 Å². The Bertz CT molecular complexity index is 408. The number of likely N-dealkylation sites (tertiary alicyclic amines) is 1. The van der Waals surface area contributed by atoms with Crippen molar-refractivity contribution in [2.75, 3.05) is 19.6 Å². The van der Waals surface area contributed by atoms with Crippen LogP contribution in [0.4, 0.5) is 0 Å². The van der Waals surface area contributed by atoms with E-state index in [9.17, 15) is 4.79 Å². The minimum Gasteiger partial charge on any atom is -0.362 e. The molecule has 3 nitrogen and oxygen atoms in total. The summed E-state index contributed by atoms with van der Waals surface area (Å²) in [6.45, 7) is 8.94. The molecule has 1 N–H and O–H groups in total. The first-order valence-corrected chi connectivity index (χ1v) is 6.52. The molecule has 0 aliphatic carbocycles. The number of hydrogen-bond donors (Lipinski definition) is 1. The van der Waals surface area contributed by atoms with Gasteiger partial charge in [0, 0.05) is 23.5 Å². The number of nitrogens with zero attached hydrogens (tertiary/aromatic N) is 1. The second-order valence-electron chi connectivity index (χ2n) is 5.21. The molecule has 17 heavy (non-hydrogen) atoms. The lowest BCUT2D eigenvalue weighted by Gasteiger charge is -2.14. The van der Waals surface area contributed by atoms with Gasteiger partial charge >= 0.3 is 0 Å². The van der Waals surface area contributed by atoms with Gasteiger partial charge in [-0.15, -0.1) is 0 Å². The molecule has 0 amide bonds. The number of Topliss-reactive ketones (excluding diaryl/α,β-unsaturated/α-hetero) is 1. The summed E-state index contributed by atoms with van der Waals surface area (Å²) in [7, 11) is 0. The van der Waals surface area contributed by atoms with Crippen molar-refractivity contribution >= 4 is 5.78 Å². The quantitative estimate of drug-likeness (QED) is 0.813. The number of carbonyl (C=O) groups excluding carboxylic acids is 1. The molecular weight excluding hydrogens is 212 g/mol. The lowest BCUT2D eigenvalue weighted by atomic mass is 10.1. The van der Waals surface area contributed by atoms with Gasteiger partial charge in [-0.1, -0.05) is 13.3 Å². The highest BCUT2D eigenvalue weighted by Crippen LogP contribution is 2.19. The molecule has 0 bridgehead atoms. The number of rotatable bonds is 4. The zero-order chi connectivity index (χ0) is 12.4. The lowest BCUT2D eigenvalue weighted by Crippen LogP contribution is -2.28. The summed E-state index contributed by atoms with van der Waals surface area (Å²) >= 11 is 0. The van der Waals surface area contributed by atoms with Crippen LogP contribution >= 0.6 is 0 Å². The van der Waals surface area contributed by atoms with Crippen molar-refractivity contribution in [3.05, 3.63) is 23.0 Å². The van der Waals surface area contributed by atoms with Gasteiger partial charge in [-0.2, -0.15) is 0 Å². The SMILES string of the molecule is CCC1CCN(CC(=O)c2cc(C)[nH]c2C)C1. The highest BCUT2D eigenvalue weighted by atomic mass is 16.1. The Kier molecular flexibility index (Phi) is 3.67. The Balaban J connectivity index is 1.96. The van der Waals surface area contributed by atoms with Gasteiger partial charge in [0.05, 0.1) is 6.54 Å². The van der Waals surface area contributed by atoms with Gasteiger partial charge in [0.2, 0.25) is 0 Å². The topological polar surface area (TPSA) is 36.1 Å². The molecule has 94 valence electrons. The Hall–Kier alpha value is -1.09. The van der Waals surface area contributed by atoms with Crippen LogP contribution in [0.15, 0.2) is 6.07 Å². The molecule has 1 fully saturated rings. The van der Waals surface area contributed by atoms with Crippen molar-refractivity contribution in [2.45, 2.75) is 33.6 Å². The Morgan fingerprint density at radius 1 is 1.53 bits per heavy atom. The molecule has 1 aliphatic rings. The van der Waals surface area contributed by atoms with Crippen LogP contribution in [0.25, 0.3) is 0 Å². The fourth-order valence-electron chi connectivity index (χ4n) is 2.69. The number of ketones is 1. The van der Waals surface area contributed by atoms with E-state index in [-0.39, 0.29) is 5.78 Å². The van der Waals surface area contributed by atoms with E-state index in [4.69, 9.17) is 0 Å². The Morgan fingerprint density at radius 2 is 2.29 bits per heavy atom. The van der Waals surface area contributed by atoms with Gasteiger partial charge in [-0.25, -0.2) is 0 Å². The van der Waals surface area contributed by atoms with Crippen molar-refractivity contribution in [3.63, 3.8) is 0 Å². The molecule has 2 rings (SSSR count). The van der Waals surface area contributed by atoms with Crippen molar-refractivity contribution in [1.29, 1.82) is 0 Å². The van der Waals surface area contributed by atoms with Gasteiger partial charge in [0.15, 0.2) is 5.78 Å². The number of aryl methyl sites for hydroxylation is 2. The third-order valence-corrected chi connectivity index (χ3v) is 3.76. The molecule has 1 aromatic rings. The summed E-state index contributed by atoms with van der Waals surface area (Å²) < 4.78 is 0. The average molecular weight is 234 g/mol. The number of aromatic nitrogens is 1. The maximum absolute atomic E-state index is 12.2. The molecular formula is C14H22N2O. The molecule has 1 aromatic heterocycles. The van der Waals surface area contributed by atoms with Crippen molar-refractivity contribution in [1.82, 2.24) is 9.88 Å². The molecule has 0 aromatic carbocycles. The first-order chi connectivity index (χ1) is 8.10. The predicted molar refractivity (Wildman–Crippen MR) is 69.4 cm³/mol. The summed E-state index contributed by atoms with van der Waals surface area (Å²) in [6, 6.07) is 1.96. The highest BCUT2D eigenvalue weighted by molar-refractivity contribution is 5.98. The normalized spacial score (nSPS) is 21.0. The number of hydrogen-bond acceptors (Lipinski definition) is 2. The molecule has 0 radical (unpaired) electrons. The number of H-pyrrole nitrogens is 1. The second kappa shape index (κ2) is 5.05. The maximum Gasteiger partial charge on any atom is 0.178 e. The van der Waals surface area contributed by atoms with E-state index in [1.165, 1.54) is 12.8 Å². The van der Waals surface area contributed by atoms with Crippen molar-refractivity contribution in [3.8, 4) is 0 Å². The molecule has 1 saturated heterocycles. The monoisotopic (exact) mass is 234 g/mol. The molecule has 1 atom stereocenters. The zero-order valence-electron chi connectivity index (χ0n) is 11.0. The van der Waals surface area contributed by atoms with Crippen LogP contribution in [0.1, 0.15) is 41.5 Å². The van der Waals surface area contributed by atoms with Gasteiger partial charge in [0.1, 0.15) is 0 Å². The third kappa shape index (κ3) is 2.78. The summed E-state index contributed by atoms with van der Waals surface area (Å²) in [6.07, 6.45) is 2.47. The van der Waals surface area contributed by atoms with Crippen LogP contribution in [-0.4, -0.2) is 35.3 Å². The predicted octanol–water partition coefficient (Wildman–Crippen LogP) is 2.55. The summed E-state index contributed by atoms with van der Waals surface area (Å²) in [5.41, 5.74) is 2.93. The highest BCUT2D eigenvalue weighted by Gasteiger charge is 2.23. The lowest BCUT2D eigenvalue weighted by molar-refractivity contribution is 0.0942. The zero-order valence-corrected chi connectivity index (χ0v) is 11.0. The van der Waals surface area contributed by atoms with E-state index in [0.29, 0.717) is 6.54 Å². The molecule has 1 unspecified atom stereocenters. The molecule has 1 aliphatic heterocycles. The summed E-state index contributed by atoms with van der Waals surface area (Å²) in [5, 5.41) is 0. The molecule has 0 saturated carbocycles. The largest absolute Gasteiger partial charge is 0.362 e. The van der Waals surface area contributed by atoms with Crippen LogP contribution in [0, 0.1) is 19.8 Å². The fraction of sp³-hybridized carbons (Fsp3) is 0.643. The van der Waals surface area contributed by atoms with Crippen LogP contribution < -0.4 is 0 Å². The van der Waals surface area contributed by atoms with Crippen LogP contribution in [0.5, 0.6) is 0 Å². The van der Waals surface area contributed by atoms with E-state index in [0.717, 1.165) is 36.0 Å². The van der Waals surface area contributed by atoms with Gasteiger partial charge < -0.3 is 4.98 Å². The van der Waals surface area contributed by atoms with Crippen LogP contribution in [0.2, 0.25) is 0 Å². The minimum absolute atomic E-state index is 0.253.